The quantitative estimate of drug-likeness (QED) is 0.475. The maximum Gasteiger partial charge on any atom is 0.277 e. The van der Waals surface area contributed by atoms with E-state index in [-0.39, 0.29) is 16.7 Å². The summed E-state index contributed by atoms with van der Waals surface area (Å²) in [4.78, 5) is 20.0. The molecule has 0 bridgehead atoms. The Morgan fingerprint density at radius 1 is 1.12 bits per heavy atom. The SMILES string of the molecule is Cc1ccc(S(=O)(=O)N2CCC(c3nc(C(=O)N4CCCc5ccccc54)cs3)CC2)cc1Cl. The van der Waals surface area contributed by atoms with Crippen molar-refractivity contribution in [3.8, 4) is 0 Å². The summed E-state index contributed by atoms with van der Waals surface area (Å²) in [5, 5.41) is 3.20. The van der Waals surface area contributed by atoms with Gasteiger partial charge in [-0.05, 0) is 61.9 Å². The van der Waals surface area contributed by atoms with Crippen LogP contribution >= 0.6 is 22.9 Å². The predicted molar refractivity (Wildman–Crippen MR) is 135 cm³/mol. The number of anilines is 1. The first-order valence-corrected chi connectivity index (χ1v) is 14.2. The average Bonchev–Trinajstić information content (AvgIpc) is 3.35. The van der Waals surface area contributed by atoms with Crippen molar-refractivity contribution in [3.05, 3.63) is 74.7 Å². The summed E-state index contributed by atoms with van der Waals surface area (Å²) < 4.78 is 27.7. The van der Waals surface area contributed by atoms with Gasteiger partial charge in [0.15, 0.2) is 0 Å². The van der Waals surface area contributed by atoms with E-state index in [2.05, 4.69) is 6.07 Å². The molecule has 2 aromatic carbocycles. The van der Waals surface area contributed by atoms with Gasteiger partial charge in [0.25, 0.3) is 5.91 Å². The molecule has 1 saturated heterocycles. The first-order valence-electron chi connectivity index (χ1n) is 11.5. The zero-order valence-corrected chi connectivity index (χ0v) is 21.3. The monoisotopic (exact) mass is 515 g/mol. The van der Waals surface area contributed by atoms with E-state index < -0.39 is 10.0 Å². The van der Waals surface area contributed by atoms with Crippen LogP contribution in [0, 0.1) is 6.92 Å². The van der Waals surface area contributed by atoms with Gasteiger partial charge < -0.3 is 4.90 Å². The maximum atomic E-state index is 13.2. The molecule has 0 N–H and O–H groups in total. The first-order chi connectivity index (χ1) is 16.3. The summed E-state index contributed by atoms with van der Waals surface area (Å²) in [6.45, 7) is 3.38. The van der Waals surface area contributed by atoms with E-state index in [0.717, 1.165) is 29.1 Å². The third-order valence-electron chi connectivity index (χ3n) is 6.68. The van der Waals surface area contributed by atoms with Crippen LogP contribution < -0.4 is 4.90 Å². The van der Waals surface area contributed by atoms with Crippen LogP contribution in [0.4, 0.5) is 5.69 Å². The van der Waals surface area contributed by atoms with Crippen molar-refractivity contribution >= 4 is 44.6 Å². The number of nitrogens with zero attached hydrogens (tertiary/aromatic N) is 3. The summed E-state index contributed by atoms with van der Waals surface area (Å²) in [6.07, 6.45) is 3.27. The Morgan fingerprint density at radius 3 is 2.65 bits per heavy atom. The molecule has 1 fully saturated rings. The molecule has 5 rings (SSSR count). The van der Waals surface area contributed by atoms with E-state index >= 15 is 0 Å². The highest BCUT2D eigenvalue weighted by Gasteiger charge is 2.32. The largest absolute Gasteiger partial charge is 0.307 e. The minimum Gasteiger partial charge on any atom is -0.307 e. The Kier molecular flexibility index (Phi) is 6.50. The van der Waals surface area contributed by atoms with Crippen molar-refractivity contribution < 1.29 is 13.2 Å². The molecule has 1 amide bonds. The number of amides is 1. The lowest BCUT2D eigenvalue weighted by Crippen LogP contribution is -2.38. The number of fused-ring (bicyclic) bond motifs is 1. The Bertz CT molecular complexity index is 1330. The normalized spacial score (nSPS) is 17.5. The molecule has 3 aromatic rings. The molecule has 178 valence electrons. The highest BCUT2D eigenvalue weighted by molar-refractivity contribution is 7.89. The second-order valence-electron chi connectivity index (χ2n) is 8.85. The predicted octanol–water partition coefficient (Wildman–Crippen LogP) is 5.27. The van der Waals surface area contributed by atoms with Crippen molar-refractivity contribution in [2.45, 2.75) is 43.4 Å². The Balaban J connectivity index is 1.27. The van der Waals surface area contributed by atoms with Crippen molar-refractivity contribution in [1.29, 1.82) is 0 Å². The molecule has 9 heteroatoms. The molecule has 6 nitrogen and oxygen atoms in total. The fourth-order valence-corrected chi connectivity index (χ4v) is 7.39. The molecule has 3 heterocycles. The number of piperidine rings is 1. The van der Waals surface area contributed by atoms with Gasteiger partial charge in [0.1, 0.15) is 5.69 Å². The van der Waals surface area contributed by atoms with Crippen LogP contribution in [0.15, 0.2) is 52.7 Å². The van der Waals surface area contributed by atoms with E-state index in [1.807, 2.05) is 35.4 Å². The van der Waals surface area contributed by atoms with Gasteiger partial charge in [-0.15, -0.1) is 11.3 Å². The lowest BCUT2D eigenvalue weighted by molar-refractivity contribution is 0.0980. The average molecular weight is 516 g/mol. The fraction of sp³-hybridized carbons (Fsp3) is 0.360. The summed E-state index contributed by atoms with van der Waals surface area (Å²) in [5.74, 6) is 0.0826. The number of aryl methyl sites for hydroxylation is 2. The van der Waals surface area contributed by atoms with Crippen molar-refractivity contribution in [2.24, 2.45) is 0 Å². The first kappa shape index (κ1) is 23.5. The van der Waals surface area contributed by atoms with E-state index in [9.17, 15) is 13.2 Å². The topological polar surface area (TPSA) is 70.6 Å². The lowest BCUT2D eigenvalue weighted by Gasteiger charge is -2.30. The Hall–Kier alpha value is -2.26. The number of benzene rings is 2. The number of thiazole rings is 1. The van der Waals surface area contributed by atoms with Crippen LogP contribution in [0.2, 0.25) is 5.02 Å². The smallest absolute Gasteiger partial charge is 0.277 e. The van der Waals surface area contributed by atoms with E-state index in [4.69, 9.17) is 16.6 Å². The summed E-state index contributed by atoms with van der Waals surface area (Å²) in [6, 6.07) is 12.9. The van der Waals surface area contributed by atoms with Gasteiger partial charge in [0.05, 0.1) is 9.90 Å². The number of rotatable bonds is 4. The Morgan fingerprint density at radius 2 is 1.88 bits per heavy atom. The van der Waals surface area contributed by atoms with Gasteiger partial charge in [-0.25, -0.2) is 13.4 Å². The molecule has 0 radical (unpaired) electrons. The van der Waals surface area contributed by atoms with Crippen molar-refractivity contribution in [3.63, 3.8) is 0 Å². The third kappa shape index (κ3) is 4.40. The van der Waals surface area contributed by atoms with Gasteiger partial charge in [-0.1, -0.05) is 35.9 Å². The minimum absolute atomic E-state index is 0.0640. The fourth-order valence-electron chi connectivity index (χ4n) is 4.68. The molecule has 0 unspecified atom stereocenters. The molecular weight excluding hydrogens is 490 g/mol. The van der Waals surface area contributed by atoms with Crippen LogP contribution in [-0.4, -0.2) is 43.2 Å². The van der Waals surface area contributed by atoms with Crippen LogP contribution in [0.1, 0.15) is 51.8 Å². The molecule has 2 aliphatic rings. The summed E-state index contributed by atoms with van der Waals surface area (Å²) in [7, 11) is -3.59. The maximum absolute atomic E-state index is 13.2. The zero-order valence-electron chi connectivity index (χ0n) is 18.9. The molecule has 1 aromatic heterocycles. The molecular formula is C25H26ClN3O3S2. The highest BCUT2D eigenvalue weighted by atomic mass is 35.5. The molecule has 0 atom stereocenters. The van der Waals surface area contributed by atoms with Crippen LogP contribution in [0.25, 0.3) is 0 Å². The van der Waals surface area contributed by atoms with E-state index in [1.54, 1.807) is 12.1 Å². The summed E-state index contributed by atoms with van der Waals surface area (Å²) in [5.41, 5.74) is 3.49. The Labute approximate surface area is 209 Å². The van der Waals surface area contributed by atoms with E-state index in [0.29, 0.717) is 43.2 Å². The molecule has 0 spiro atoms. The minimum atomic E-state index is -3.59. The van der Waals surface area contributed by atoms with Gasteiger partial charge in [0.2, 0.25) is 10.0 Å². The number of hydrogen-bond donors (Lipinski definition) is 0. The molecule has 34 heavy (non-hydrogen) atoms. The van der Waals surface area contributed by atoms with E-state index in [1.165, 1.54) is 27.3 Å². The lowest BCUT2D eigenvalue weighted by atomic mass is 9.99. The van der Waals surface area contributed by atoms with Gasteiger partial charge in [0, 0.05) is 41.6 Å². The van der Waals surface area contributed by atoms with Crippen LogP contribution in [0.3, 0.4) is 0 Å². The highest BCUT2D eigenvalue weighted by Crippen LogP contribution is 2.34. The van der Waals surface area contributed by atoms with Gasteiger partial charge in [-0.3, -0.25) is 4.79 Å². The number of carbonyl (C=O) groups is 1. The number of aromatic nitrogens is 1. The molecule has 2 aliphatic heterocycles. The zero-order chi connectivity index (χ0) is 23.9. The number of carbonyl (C=O) groups excluding carboxylic acids is 1. The van der Waals surface area contributed by atoms with Crippen LogP contribution in [-0.2, 0) is 16.4 Å². The summed E-state index contributed by atoms with van der Waals surface area (Å²) >= 11 is 7.65. The van der Waals surface area contributed by atoms with Gasteiger partial charge >= 0.3 is 0 Å². The second kappa shape index (κ2) is 9.41. The van der Waals surface area contributed by atoms with Crippen LogP contribution in [0.5, 0.6) is 0 Å². The number of hydrogen-bond acceptors (Lipinski definition) is 5. The number of halogens is 1. The standard InChI is InChI=1S/C25H26ClN3O3S2/c1-17-8-9-20(15-21(17)26)34(31,32)28-13-10-19(11-14-28)24-27-22(16-33-24)25(30)29-12-4-6-18-5-2-3-7-23(18)29/h2-3,5,7-9,15-16,19H,4,6,10-14H2,1H3. The van der Waals surface area contributed by atoms with Crippen molar-refractivity contribution in [1.82, 2.24) is 9.29 Å². The number of sulfonamides is 1. The molecule has 0 saturated carbocycles. The van der Waals surface area contributed by atoms with Crippen molar-refractivity contribution in [2.75, 3.05) is 24.5 Å². The molecule has 0 aliphatic carbocycles. The number of para-hydroxylation sites is 1. The third-order valence-corrected chi connectivity index (χ3v) is 9.99. The second-order valence-corrected chi connectivity index (χ2v) is 12.1. The van der Waals surface area contributed by atoms with Gasteiger partial charge in [-0.2, -0.15) is 4.31 Å².